The quantitative estimate of drug-likeness (QED) is 0.897. The molecule has 3 rings (SSSR count). The van der Waals surface area contributed by atoms with Crippen molar-refractivity contribution in [2.24, 2.45) is 5.92 Å². The van der Waals surface area contributed by atoms with Crippen LogP contribution >= 0.6 is 0 Å². The standard InChI is InChI=1S/C17H20N4O3/c22-16(23)13-6-10-20(11-7-13)17(24)18-12-14-4-1-2-5-15(14)21-9-3-8-19-21/h1-5,8-9,13H,6-7,10-12H2,(H,18,24)(H,22,23). The molecule has 1 fully saturated rings. The number of carbonyl (C=O) groups is 2. The molecule has 0 aliphatic carbocycles. The maximum Gasteiger partial charge on any atom is 0.317 e. The van der Waals surface area contributed by atoms with Gasteiger partial charge in [0.15, 0.2) is 0 Å². The molecule has 0 radical (unpaired) electrons. The van der Waals surface area contributed by atoms with Gasteiger partial charge in [0.1, 0.15) is 0 Å². The summed E-state index contributed by atoms with van der Waals surface area (Å²) >= 11 is 0. The van der Waals surface area contributed by atoms with E-state index in [-0.39, 0.29) is 11.9 Å². The molecule has 1 saturated heterocycles. The first-order chi connectivity index (χ1) is 11.6. The van der Waals surface area contributed by atoms with Gasteiger partial charge in [0.2, 0.25) is 0 Å². The van der Waals surface area contributed by atoms with Gasteiger partial charge in [-0.15, -0.1) is 0 Å². The summed E-state index contributed by atoms with van der Waals surface area (Å²) in [6.45, 7) is 1.35. The summed E-state index contributed by atoms with van der Waals surface area (Å²) in [5.41, 5.74) is 1.89. The number of carboxylic acids is 1. The number of piperidine rings is 1. The fraction of sp³-hybridized carbons (Fsp3) is 0.353. The number of carboxylic acid groups (broad SMARTS) is 1. The van der Waals surface area contributed by atoms with Crippen molar-refractivity contribution >= 4 is 12.0 Å². The molecule has 24 heavy (non-hydrogen) atoms. The number of nitrogens with zero attached hydrogens (tertiary/aromatic N) is 3. The first-order valence-electron chi connectivity index (χ1n) is 7.98. The number of benzene rings is 1. The third-order valence-corrected chi connectivity index (χ3v) is 4.30. The van der Waals surface area contributed by atoms with E-state index in [1.54, 1.807) is 15.8 Å². The predicted octanol–water partition coefficient (Wildman–Crippen LogP) is 1.88. The SMILES string of the molecule is O=C(O)C1CCN(C(=O)NCc2ccccc2-n2cccn2)CC1. The van der Waals surface area contributed by atoms with Crippen molar-refractivity contribution in [3.63, 3.8) is 0 Å². The highest BCUT2D eigenvalue weighted by molar-refractivity contribution is 5.75. The Hall–Kier alpha value is -2.83. The highest BCUT2D eigenvalue weighted by atomic mass is 16.4. The number of hydrogen-bond acceptors (Lipinski definition) is 3. The summed E-state index contributed by atoms with van der Waals surface area (Å²) in [7, 11) is 0. The highest BCUT2D eigenvalue weighted by Crippen LogP contribution is 2.18. The number of carbonyl (C=O) groups excluding carboxylic acids is 1. The Balaban J connectivity index is 1.59. The van der Waals surface area contributed by atoms with Crippen LogP contribution in [0.5, 0.6) is 0 Å². The van der Waals surface area contributed by atoms with Crippen LogP contribution in [0.25, 0.3) is 5.69 Å². The maximum absolute atomic E-state index is 12.3. The summed E-state index contributed by atoms with van der Waals surface area (Å²) < 4.78 is 1.76. The van der Waals surface area contributed by atoms with Crippen molar-refractivity contribution < 1.29 is 14.7 Å². The number of urea groups is 1. The van der Waals surface area contributed by atoms with Gasteiger partial charge >= 0.3 is 12.0 Å². The van der Waals surface area contributed by atoms with E-state index in [1.165, 1.54) is 0 Å². The van der Waals surface area contributed by atoms with Crippen LogP contribution in [0, 0.1) is 5.92 Å². The normalized spacial score (nSPS) is 15.2. The summed E-state index contributed by atoms with van der Waals surface area (Å²) in [5.74, 6) is -1.11. The summed E-state index contributed by atoms with van der Waals surface area (Å²) in [6, 6.07) is 9.45. The smallest absolute Gasteiger partial charge is 0.317 e. The molecule has 0 spiro atoms. The van der Waals surface area contributed by atoms with Crippen LogP contribution < -0.4 is 5.32 Å². The van der Waals surface area contributed by atoms with Crippen LogP contribution in [-0.2, 0) is 11.3 Å². The minimum atomic E-state index is -0.775. The van der Waals surface area contributed by atoms with Crippen LogP contribution in [0.4, 0.5) is 4.79 Å². The van der Waals surface area contributed by atoms with Gasteiger partial charge in [-0.1, -0.05) is 18.2 Å². The van der Waals surface area contributed by atoms with Crippen LogP contribution in [0.15, 0.2) is 42.7 Å². The van der Waals surface area contributed by atoms with Crippen molar-refractivity contribution in [2.45, 2.75) is 19.4 Å². The Bertz CT molecular complexity index is 706. The molecule has 7 nitrogen and oxygen atoms in total. The van der Waals surface area contributed by atoms with Gasteiger partial charge in [-0.2, -0.15) is 5.10 Å². The molecule has 2 N–H and O–H groups in total. The van der Waals surface area contributed by atoms with E-state index >= 15 is 0 Å². The number of para-hydroxylation sites is 1. The fourth-order valence-corrected chi connectivity index (χ4v) is 2.91. The number of aliphatic carboxylic acids is 1. The lowest BCUT2D eigenvalue weighted by Gasteiger charge is -2.30. The molecule has 1 aromatic heterocycles. The van der Waals surface area contributed by atoms with Crippen LogP contribution in [0.2, 0.25) is 0 Å². The fourth-order valence-electron chi connectivity index (χ4n) is 2.91. The van der Waals surface area contributed by atoms with Gasteiger partial charge in [0.25, 0.3) is 0 Å². The van der Waals surface area contributed by atoms with Crippen molar-refractivity contribution in [3.8, 4) is 5.69 Å². The van der Waals surface area contributed by atoms with E-state index in [9.17, 15) is 9.59 Å². The van der Waals surface area contributed by atoms with Crippen LogP contribution in [0.1, 0.15) is 18.4 Å². The molecule has 2 heterocycles. The minimum Gasteiger partial charge on any atom is -0.481 e. The lowest BCUT2D eigenvalue weighted by Crippen LogP contribution is -2.45. The second-order valence-corrected chi connectivity index (χ2v) is 5.84. The van der Waals surface area contributed by atoms with E-state index in [0.29, 0.717) is 32.5 Å². The predicted molar refractivity (Wildman–Crippen MR) is 87.7 cm³/mol. The molecule has 0 unspecified atom stereocenters. The Morgan fingerprint density at radius 3 is 2.62 bits per heavy atom. The van der Waals surface area contributed by atoms with E-state index in [0.717, 1.165) is 11.3 Å². The van der Waals surface area contributed by atoms with Crippen molar-refractivity contribution in [3.05, 3.63) is 48.3 Å². The molecule has 1 aliphatic heterocycles. The second kappa shape index (κ2) is 7.16. The summed E-state index contributed by atoms with van der Waals surface area (Å²) in [5, 5.41) is 16.1. The third-order valence-electron chi connectivity index (χ3n) is 4.30. The average Bonchev–Trinajstić information content (AvgIpc) is 3.14. The van der Waals surface area contributed by atoms with Gasteiger partial charge < -0.3 is 15.3 Å². The number of aromatic nitrogens is 2. The molecule has 7 heteroatoms. The van der Waals surface area contributed by atoms with E-state index in [2.05, 4.69) is 10.4 Å². The molecule has 0 bridgehead atoms. The lowest BCUT2D eigenvalue weighted by molar-refractivity contribution is -0.143. The molecule has 0 atom stereocenters. The van der Waals surface area contributed by atoms with Crippen LogP contribution in [-0.4, -0.2) is 44.9 Å². The second-order valence-electron chi connectivity index (χ2n) is 5.84. The largest absolute Gasteiger partial charge is 0.481 e. The first-order valence-corrected chi connectivity index (χ1v) is 7.98. The monoisotopic (exact) mass is 328 g/mol. The van der Waals surface area contributed by atoms with E-state index < -0.39 is 5.97 Å². The number of hydrogen-bond donors (Lipinski definition) is 2. The summed E-state index contributed by atoms with van der Waals surface area (Å²) in [4.78, 5) is 24.9. The molecule has 1 aliphatic rings. The van der Waals surface area contributed by atoms with E-state index in [4.69, 9.17) is 5.11 Å². The average molecular weight is 328 g/mol. The van der Waals surface area contributed by atoms with Gasteiger partial charge in [0, 0.05) is 32.0 Å². The maximum atomic E-state index is 12.3. The Labute approximate surface area is 139 Å². The van der Waals surface area contributed by atoms with E-state index in [1.807, 2.05) is 36.5 Å². The Kier molecular flexibility index (Phi) is 4.79. The van der Waals surface area contributed by atoms with Gasteiger partial charge in [0.05, 0.1) is 11.6 Å². The highest BCUT2D eigenvalue weighted by Gasteiger charge is 2.26. The summed E-state index contributed by atoms with van der Waals surface area (Å²) in [6.07, 6.45) is 4.58. The Morgan fingerprint density at radius 1 is 1.21 bits per heavy atom. The molecule has 2 amide bonds. The van der Waals surface area contributed by atoms with Crippen molar-refractivity contribution in [1.82, 2.24) is 20.0 Å². The molecule has 126 valence electrons. The topological polar surface area (TPSA) is 87.5 Å². The van der Waals surface area contributed by atoms with Crippen LogP contribution in [0.3, 0.4) is 0 Å². The zero-order chi connectivity index (χ0) is 16.9. The lowest BCUT2D eigenvalue weighted by atomic mass is 9.97. The van der Waals surface area contributed by atoms with Gasteiger partial charge in [-0.25, -0.2) is 9.48 Å². The van der Waals surface area contributed by atoms with Crippen molar-refractivity contribution in [2.75, 3.05) is 13.1 Å². The Morgan fingerprint density at radius 2 is 1.96 bits per heavy atom. The molecular formula is C17H20N4O3. The molecule has 2 aromatic rings. The zero-order valence-electron chi connectivity index (χ0n) is 13.3. The van der Waals surface area contributed by atoms with Crippen molar-refractivity contribution in [1.29, 1.82) is 0 Å². The number of likely N-dealkylation sites (tertiary alicyclic amines) is 1. The number of rotatable bonds is 4. The number of amides is 2. The van der Waals surface area contributed by atoms with Gasteiger partial charge in [-0.05, 0) is 30.5 Å². The molecule has 0 saturated carbocycles. The first kappa shape index (κ1) is 16.0. The third kappa shape index (κ3) is 3.56. The zero-order valence-corrected chi connectivity index (χ0v) is 13.3. The molecule has 1 aromatic carbocycles. The molecular weight excluding hydrogens is 308 g/mol. The number of nitrogens with one attached hydrogen (secondary N) is 1. The van der Waals surface area contributed by atoms with Gasteiger partial charge in [-0.3, -0.25) is 4.79 Å². The minimum absolute atomic E-state index is 0.158.